The van der Waals surface area contributed by atoms with E-state index in [1.807, 2.05) is 24.3 Å². The monoisotopic (exact) mass is 329 g/mol. The van der Waals surface area contributed by atoms with Gasteiger partial charge in [-0.05, 0) is 54.3 Å². The van der Waals surface area contributed by atoms with Gasteiger partial charge in [0.2, 0.25) is 5.91 Å². The molecule has 6 heteroatoms. The van der Waals surface area contributed by atoms with Crippen LogP contribution >= 0.6 is 11.6 Å². The van der Waals surface area contributed by atoms with Crippen LogP contribution in [0.2, 0.25) is 5.02 Å². The average Bonchev–Trinajstić information content (AvgIpc) is 3.29. The third-order valence-corrected chi connectivity index (χ3v) is 4.06. The fraction of sp³-hybridized carbons (Fsp3) is 0.176. The van der Waals surface area contributed by atoms with E-state index in [1.54, 1.807) is 24.3 Å². The Bertz CT molecular complexity index is 746. The lowest BCUT2D eigenvalue weighted by Crippen LogP contribution is -2.19. The van der Waals surface area contributed by atoms with Crippen molar-refractivity contribution in [1.82, 2.24) is 0 Å². The molecule has 1 saturated carbocycles. The Morgan fingerprint density at radius 3 is 2.30 bits per heavy atom. The van der Waals surface area contributed by atoms with Crippen LogP contribution in [-0.4, -0.2) is 11.9 Å². The van der Waals surface area contributed by atoms with Crippen LogP contribution in [0, 0.1) is 5.92 Å². The van der Waals surface area contributed by atoms with Gasteiger partial charge in [-0.25, -0.2) is 4.79 Å². The van der Waals surface area contributed by atoms with E-state index < -0.39 is 6.03 Å². The fourth-order valence-electron chi connectivity index (χ4n) is 2.60. The minimum atomic E-state index is -0.621. The van der Waals surface area contributed by atoms with Crippen molar-refractivity contribution < 1.29 is 9.59 Å². The predicted molar refractivity (Wildman–Crippen MR) is 90.6 cm³/mol. The molecule has 1 fully saturated rings. The Kier molecular flexibility index (Phi) is 4.21. The second-order valence-corrected chi connectivity index (χ2v) is 6.00. The number of nitrogens with one attached hydrogen (secondary N) is 2. The van der Waals surface area contributed by atoms with Crippen molar-refractivity contribution in [2.24, 2.45) is 11.7 Å². The summed E-state index contributed by atoms with van der Waals surface area (Å²) in [6.45, 7) is 0. The van der Waals surface area contributed by atoms with Crippen molar-refractivity contribution in [3.63, 3.8) is 0 Å². The Morgan fingerprint density at radius 1 is 1.04 bits per heavy atom. The standard InChI is InChI=1S/C17H16ClN3O2/c18-11-3-1-2-10(8-11)14-9-15(14)16(22)20-12-4-6-13(7-5-12)21-17(19)23/h1-8,14-15H,9H2,(H,20,22)(H3,19,21,23). The highest BCUT2D eigenvalue weighted by atomic mass is 35.5. The number of nitrogens with two attached hydrogens (primary N) is 1. The van der Waals surface area contributed by atoms with E-state index in [-0.39, 0.29) is 17.7 Å². The largest absolute Gasteiger partial charge is 0.351 e. The van der Waals surface area contributed by atoms with Gasteiger partial charge in [-0.15, -0.1) is 0 Å². The van der Waals surface area contributed by atoms with Gasteiger partial charge in [-0.2, -0.15) is 0 Å². The lowest BCUT2D eigenvalue weighted by molar-refractivity contribution is -0.117. The topological polar surface area (TPSA) is 84.2 Å². The van der Waals surface area contributed by atoms with Gasteiger partial charge < -0.3 is 16.4 Å². The summed E-state index contributed by atoms with van der Waals surface area (Å²) in [7, 11) is 0. The maximum Gasteiger partial charge on any atom is 0.316 e. The number of benzene rings is 2. The lowest BCUT2D eigenvalue weighted by Gasteiger charge is -2.07. The van der Waals surface area contributed by atoms with Crippen LogP contribution < -0.4 is 16.4 Å². The number of amides is 3. The Labute approximate surface area is 138 Å². The summed E-state index contributed by atoms with van der Waals surface area (Å²) in [5.74, 6) is 0.187. The predicted octanol–water partition coefficient (Wildman–Crippen LogP) is 3.57. The highest BCUT2D eigenvalue weighted by Crippen LogP contribution is 2.48. The molecule has 5 nitrogen and oxygen atoms in total. The fourth-order valence-corrected chi connectivity index (χ4v) is 2.80. The number of anilines is 2. The molecule has 0 heterocycles. The molecule has 1 aliphatic carbocycles. The zero-order chi connectivity index (χ0) is 16.4. The molecule has 1 aliphatic rings. The van der Waals surface area contributed by atoms with Gasteiger partial charge in [0.1, 0.15) is 0 Å². The zero-order valence-corrected chi connectivity index (χ0v) is 13.0. The average molecular weight is 330 g/mol. The summed E-state index contributed by atoms with van der Waals surface area (Å²) < 4.78 is 0. The van der Waals surface area contributed by atoms with E-state index in [0.717, 1.165) is 12.0 Å². The molecule has 0 spiro atoms. The normalized spacial score (nSPS) is 19.0. The quantitative estimate of drug-likeness (QED) is 0.801. The molecule has 0 aromatic heterocycles. The highest BCUT2D eigenvalue weighted by Gasteiger charge is 2.43. The Hall–Kier alpha value is -2.53. The lowest BCUT2D eigenvalue weighted by atomic mass is 10.1. The van der Waals surface area contributed by atoms with Crippen LogP contribution in [0.15, 0.2) is 48.5 Å². The summed E-state index contributed by atoms with van der Waals surface area (Å²) >= 11 is 5.99. The Morgan fingerprint density at radius 2 is 1.70 bits per heavy atom. The summed E-state index contributed by atoms with van der Waals surface area (Å²) in [6, 6.07) is 13.8. The summed E-state index contributed by atoms with van der Waals surface area (Å²) in [6.07, 6.45) is 0.827. The summed E-state index contributed by atoms with van der Waals surface area (Å²) in [5.41, 5.74) is 7.40. The van der Waals surface area contributed by atoms with Gasteiger partial charge >= 0.3 is 6.03 Å². The zero-order valence-electron chi connectivity index (χ0n) is 12.3. The van der Waals surface area contributed by atoms with Gasteiger partial charge in [0.25, 0.3) is 0 Å². The molecule has 0 radical (unpaired) electrons. The first-order valence-electron chi connectivity index (χ1n) is 7.26. The van der Waals surface area contributed by atoms with Crippen LogP contribution in [0.4, 0.5) is 16.2 Å². The van der Waals surface area contributed by atoms with Crippen LogP contribution in [0.1, 0.15) is 17.9 Å². The molecule has 2 atom stereocenters. The summed E-state index contributed by atoms with van der Waals surface area (Å²) in [5, 5.41) is 6.04. The number of carbonyl (C=O) groups excluding carboxylic acids is 2. The number of urea groups is 1. The maximum absolute atomic E-state index is 12.3. The number of hydrogen-bond acceptors (Lipinski definition) is 2. The van der Waals surface area contributed by atoms with E-state index in [9.17, 15) is 9.59 Å². The molecule has 2 aromatic rings. The molecule has 4 N–H and O–H groups in total. The second kappa shape index (κ2) is 6.30. The van der Waals surface area contributed by atoms with E-state index in [1.165, 1.54) is 0 Å². The van der Waals surface area contributed by atoms with Crippen molar-refractivity contribution in [2.75, 3.05) is 10.6 Å². The first-order chi connectivity index (χ1) is 11.0. The van der Waals surface area contributed by atoms with Crippen molar-refractivity contribution >= 4 is 34.9 Å². The van der Waals surface area contributed by atoms with Crippen LogP contribution in [-0.2, 0) is 4.79 Å². The van der Waals surface area contributed by atoms with Gasteiger partial charge in [-0.3, -0.25) is 4.79 Å². The minimum absolute atomic E-state index is 0.00872. The second-order valence-electron chi connectivity index (χ2n) is 5.56. The van der Waals surface area contributed by atoms with Gasteiger partial charge in [0, 0.05) is 22.3 Å². The minimum Gasteiger partial charge on any atom is -0.351 e. The number of halogens is 1. The molecule has 2 aromatic carbocycles. The number of primary amides is 1. The van der Waals surface area contributed by atoms with E-state index in [4.69, 9.17) is 17.3 Å². The van der Waals surface area contributed by atoms with Gasteiger partial charge in [0.15, 0.2) is 0 Å². The van der Waals surface area contributed by atoms with Crippen molar-refractivity contribution in [3.8, 4) is 0 Å². The van der Waals surface area contributed by atoms with Crippen molar-refractivity contribution in [1.29, 1.82) is 0 Å². The molecular formula is C17H16ClN3O2. The highest BCUT2D eigenvalue weighted by molar-refractivity contribution is 6.30. The molecular weight excluding hydrogens is 314 g/mol. The van der Waals surface area contributed by atoms with E-state index in [2.05, 4.69) is 10.6 Å². The summed E-state index contributed by atoms with van der Waals surface area (Å²) in [4.78, 5) is 23.0. The van der Waals surface area contributed by atoms with Crippen LogP contribution in [0.25, 0.3) is 0 Å². The molecule has 23 heavy (non-hydrogen) atoms. The number of hydrogen-bond donors (Lipinski definition) is 3. The van der Waals surface area contributed by atoms with E-state index >= 15 is 0 Å². The van der Waals surface area contributed by atoms with Crippen molar-refractivity contribution in [2.45, 2.75) is 12.3 Å². The molecule has 2 unspecified atom stereocenters. The smallest absolute Gasteiger partial charge is 0.316 e. The van der Waals surface area contributed by atoms with Crippen LogP contribution in [0.3, 0.4) is 0 Å². The Balaban J connectivity index is 1.59. The number of carbonyl (C=O) groups is 2. The molecule has 3 amide bonds. The third kappa shape index (κ3) is 3.81. The van der Waals surface area contributed by atoms with E-state index in [0.29, 0.717) is 16.4 Å². The molecule has 0 aliphatic heterocycles. The molecule has 0 saturated heterocycles. The van der Waals surface area contributed by atoms with Crippen molar-refractivity contribution in [3.05, 3.63) is 59.1 Å². The SMILES string of the molecule is NC(=O)Nc1ccc(NC(=O)C2CC2c2cccc(Cl)c2)cc1. The maximum atomic E-state index is 12.3. The van der Waals surface area contributed by atoms with Gasteiger partial charge in [0.05, 0.1) is 0 Å². The first kappa shape index (κ1) is 15.4. The molecule has 0 bridgehead atoms. The first-order valence-corrected chi connectivity index (χ1v) is 7.63. The molecule has 118 valence electrons. The number of rotatable bonds is 4. The van der Waals surface area contributed by atoms with Crippen LogP contribution in [0.5, 0.6) is 0 Å². The van der Waals surface area contributed by atoms with Gasteiger partial charge in [-0.1, -0.05) is 23.7 Å². The third-order valence-electron chi connectivity index (χ3n) is 3.82. The molecule has 3 rings (SSSR count).